The molecule has 0 radical (unpaired) electrons. The Morgan fingerprint density at radius 1 is 0.929 bits per heavy atom. The third-order valence-corrected chi connectivity index (χ3v) is 6.18. The lowest BCUT2D eigenvalue weighted by Crippen LogP contribution is -2.15. The molecule has 2 aromatic heterocycles. The van der Waals surface area contributed by atoms with Gasteiger partial charge in [0.25, 0.3) is 10.0 Å². The fraction of sp³-hybridized carbons (Fsp3) is 0.238. The summed E-state index contributed by atoms with van der Waals surface area (Å²) in [5.41, 5.74) is 4.10. The monoisotopic (exact) mass is 394 g/mol. The lowest BCUT2D eigenvalue weighted by Gasteiger charge is -2.17. The van der Waals surface area contributed by atoms with Crippen LogP contribution in [0.15, 0.2) is 65.8 Å². The Morgan fingerprint density at radius 2 is 1.79 bits per heavy atom. The van der Waals surface area contributed by atoms with Crippen molar-refractivity contribution in [2.45, 2.75) is 37.1 Å². The third-order valence-electron chi connectivity index (χ3n) is 4.83. The van der Waals surface area contributed by atoms with Crippen molar-refractivity contribution in [1.29, 1.82) is 0 Å². The molecule has 0 amide bonds. The molecule has 4 rings (SSSR count). The molecule has 7 heteroatoms. The number of nitrogens with one attached hydrogen (secondary N) is 2. The van der Waals surface area contributed by atoms with Gasteiger partial charge in [-0.15, -0.1) is 0 Å². The maximum atomic E-state index is 12.7. The van der Waals surface area contributed by atoms with Gasteiger partial charge in [-0.2, -0.15) is 0 Å². The second kappa shape index (κ2) is 7.98. The number of benzene rings is 1. The molecule has 28 heavy (non-hydrogen) atoms. The van der Waals surface area contributed by atoms with Crippen LogP contribution in [0.5, 0.6) is 0 Å². The maximum absolute atomic E-state index is 12.7. The molecule has 0 fully saturated rings. The minimum absolute atomic E-state index is 0.285. The van der Waals surface area contributed by atoms with E-state index in [1.807, 2.05) is 24.3 Å². The zero-order valence-corrected chi connectivity index (χ0v) is 16.2. The van der Waals surface area contributed by atoms with E-state index in [1.165, 1.54) is 12.0 Å². The van der Waals surface area contributed by atoms with Crippen LogP contribution in [0.2, 0.25) is 0 Å². The highest BCUT2D eigenvalue weighted by molar-refractivity contribution is 7.92. The normalized spacial score (nSPS) is 13.6. The van der Waals surface area contributed by atoms with Gasteiger partial charge in [-0.25, -0.2) is 13.4 Å². The van der Waals surface area contributed by atoms with Gasteiger partial charge in [-0.05, 0) is 73.2 Å². The SMILES string of the molecule is O=S(=O)(Nc1ccc(NCc2ccccn2)cn1)c1ccc2c(c1)CCCC2. The summed E-state index contributed by atoms with van der Waals surface area (Å²) in [5.74, 6) is 0.293. The highest BCUT2D eigenvalue weighted by Crippen LogP contribution is 2.25. The van der Waals surface area contributed by atoms with Crippen LogP contribution in [0.4, 0.5) is 11.5 Å². The number of pyridine rings is 2. The van der Waals surface area contributed by atoms with E-state index < -0.39 is 10.0 Å². The van der Waals surface area contributed by atoms with E-state index >= 15 is 0 Å². The molecular weight excluding hydrogens is 372 g/mol. The zero-order valence-electron chi connectivity index (χ0n) is 15.4. The van der Waals surface area contributed by atoms with Gasteiger partial charge >= 0.3 is 0 Å². The maximum Gasteiger partial charge on any atom is 0.263 e. The largest absolute Gasteiger partial charge is 0.378 e. The van der Waals surface area contributed by atoms with Crippen molar-refractivity contribution in [3.05, 3.63) is 77.7 Å². The third kappa shape index (κ3) is 4.31. The predicted molar refractivity (Wildman–Crippen MR) is 110 cm³/mol. The quantitative estimate of drug-likeness (QED) is 0.665. The Morgan fingerprint density at radius 3 is 2.54 bits per heavy atom. The molecule has 0 saturated heterocycles. The minimum atomic E-state index is -3.66. The van der Waals surface area contributed by atoms with Gasteiger partial charge in [0.1, 0.15) is 5.82 Å². The van der Waals surface area contributed by atoms with Gasteiger partial charge in [0.15, 0.2) is 0 Å². The van der Waals surface area contributed by atoms with Crippen LogP contribution >= 0.6 is 0 Å². The number of fused-ring (bicyclic) bond motifs is 1. The molecule has 0 saturated carbocycles. The summed E-state index contributed by atoms with van der Waals surface area (Å²) >= 11 is 0. The average molecular weight is 395 g/mol. The van der Waals surface area contributed by atoms with Gasteiger partial charge in [-0.1, -0.05) is 12.1 Å². The lowest BCUT2D eigenvalue weighted by molar-refractivity contribution is 0.600. The zero-order chi connectivity index (χ0) is 19.4. The van der Waals surface area contributed by atoms with Crippen LogP contribution in [-0.4, -0.2) is 18.4 Å². The molecule has 6 nitrogen and oxygen atoms in total. The molecule has 1 aromatic carbocycles. The van der Waals surface area contributed by atoms with Gasteiger partial charge < -0.3 is 5.32 Å². The highest BCUT2D eigenvalue weighted by Gasteiger charge is 2.18. The van der Waals surface area contributed by atoms with E-state index in [9.17, 15) is 8.42 Å². The first-order valence-electron chi connectivity index (χ1n) is 9.35. The molecule has 144 valence electrons. The second-order valence-corrected chi connectivity index (χ2v) is 8.53. The van der Waals surface area contributed by atoms with Crippen molar-refractivity contribution in [2.24, 2.45) is 0 Å². The number of hydrogen-bond donors (Lipinski definition) is 2. The first-order valence-corrected chi connectivity index (χ1v) is 10.8. The number of aryl methyl sites for hydroxylation is 2. The number of aromatic nitrogens is 2. The number of nitrogens with zero attached hydrogens (tertiary/aromatic N) is 2. The van der Waals surface area contributed by atoms with Gasteiger partial charge in [0.2, 0.25) is 0 Å². The van der Waals surface area contributed by atoms with E-state index in [1.54, 1.807) is 36.7 Å². The molecule has 0 atom stereocenters. The number of anilines is 2. The van der Waals surface area contributed by atoms with Gasteiger partial charge in [-0.3, -0.25) is 9.71 Å². The predicted octanol–water partition coefficient (Wildman–Crippen LogP) is 3.77. The van der Waals surface area contributed by atoms with Gasteiger partial charge in [0.05, 0.1) is 29.0 Å². The molecule has 0 bridgehead atoms. The van der Waals surface area contributed by atoms with Gasteiger partial charge in [0, 0.05) is 6.20 Å². The molecular formula is C21H22N4O2S. The Hall–Kier alpha value is -2.93. The smallest absolute Gasteiger partial charge is 0.263 e. The summed E-state index contributed by atoms with van der Waals surface area (Å²) in [6, 6.07) is 14.6. The first-order chi connectivity index (χ1) is 13.6. The molecule has 2 heterocycles. The van der Waals surface area contributed by atoms with Crippen molar-refractivity contribution in [1.82, 2.24) is 9.97 Å². The molecule has 3 aromatic rings. The lowest BCUT2D eigenvalue weighted by atomic mass is 9.92. The molecule has 0 aliphatic heterocycles. The van der Waals surface area contributed by atoms with Crippen LogP contribution in [0.1, 0.15) is 29.7 Å². The standard InChI is InChI=1S/C21H22N4O2S/c26-28(27,20-10-8-16-5-1-2-6-17(16)13-20)25-21-11-9-19(15-24-21)23-14-18-7-3-4-12-22-18/h3-4,7-13,15,23H,1-2,5-6,14H2,(H,24,25). The second-order valence-electron chi connectivity index (χ2n) is 6.85. The van der Waals surface area contributed by atoms with Crippen molar-refractivity contribution in [3.8, 4) is 0 Å². The van der Waals surface area contributed by atoms with E-state index in [2.05, 4.69) is 20.0 Å². The van der Waals surface area contributed by atoms with Crippen molar-refractivity contribution in [3.63, 3.8) is 0 Å². The topological polar surface area (TPSA) is 84.0 Å². The summed E-state index contributed by atoms with van der Waals surface area (Å²) in [5, 5.41) is 3.21. The summed E-state index contributed by atoms with van der Waals surface area (Å²) in [4.78, 5) is 8.75. The minimum Gasteiger partial charge on any atom is -0.378 e. The van der Waals surface area contributed by atoms with Crippen LogP contribution in [0.3, 0.4) is 0 Å². The molecule has 2 N–H and O–H groups in total. The van der Waals surface area contributed by atoms with E-state index in [0.717, 1.165) is 36.2 Å². The molecule has 0 spiro atoms. The molecule has 1 aliphatic rings. The summed E-state index contributed by atoms with van der Waals surface area (Å²) in [6.07, 6.45) is 7.59. The Kier molecular flexibility index (Phi) is 5.25. The van der Waals surface area contributed by atoms with Crippen LogP contribution in [0.25, 0.3) is 0 Å². The Bertz CT molecular complexity index is 1050. The molecule has 0 unspecified atom stereocenters. The number of hydrogen-bond acceptors (Lipinski definition) is 5. The van der Waals surface area contributed by atoms with E-state index in [4.69, 9.17) is 0 Å². The fourth-order valence-corrected chi connectivity index (χ4v) is 4.39. The van der Waals surface area contributed by atoms with Crippen molar-refractivity contribution >= 4 is 21.5 Å². The summed E-state index contributed by atoms with van der Waals surface area (Å²) < 4.78 is 28.0. The Labute approximate surface area is 165 Å². The van der Waals surface area contributed by atoms with E-state index in [-0.39, 0.29) is 4.90 Å². The Balaban J connectivity index is 1.43. The van der Waals surface area contributed by atoms with Crippen molar-refractivity contribution < 1.29 is 8.42 Å². The fourth-order valence-electron chi connectivity index (χ4n) is 3.33. The first kappa shape index (κ1) is 18.4. The summed E-state index contributed by atoms with van der Waals surface area (Å²) in [7, 11) is -3.66. The number of sulfonamides is 1. The van der Waals surface area contributed by atoms with Crippen LogP contribution in [-0.2, 0) is 29.4 Å². The number of rotatable bonds is 6. The average Bonchev–Trinajstić information content (AvgIpc) is 2.73. The van der Waals surface area contributed by atoms with Crippen LogP contribution in [0, 0.1) is 0 Å². The van der Waals surface area contributed by atoms with Crippen molar-refractivity contribution in [2.75, 3.05) is 10.0 Å². The summed E-state index contributed by atoms with van der Waals surface area (Å²) in [6.45, 7) is 0.572. The highest BCUT2D eigenvalue weighted by atomic mass is 32.2. The molecule has 1 aliphatic carbocycles. The van der Waals surface area contributed by atoms with Crippen LogP contribution < -0.4 is 10.0 Å². The van der Waals surface area contributed by atoms with E-state index in [0.29, 0.717) is 12.4 Å².